The lowest BCUT2D eigenvalue weighted by atomic mass is 9.48. The molecule has 2 amide bonds. The van der Waals surface area contributed by atoms with E-state index in [1.54, 1.807) is 17.3 Å². The molecule has 2 N–H and O–H groups in total. The van der Waals surface area contributed by atoms with Gasteiger partial charge >= 0.3 is 6.09 Å². The summed E-state index contributed by atoms with van der Waals surface area (Å²) in [7, 11) is 0. The minimum Gasteiger partial charge on any atom is -0.445 e. The van der Waals surface area contributed by atoms with Gasteiger partial charge in [-0.1, -0.05) is 11.6 Å². The minimum atomic E-state index is -0.368. The molecule has 4 saturated carbocycles. The SMILES string of the molecule is NC(=O)C12CC3CC(C1)C(OC(=O)N1CCCC1c1ncc(Cl)cn1)C(C3)C2. The highest BCUT2D eigenvalue weighted by Crippen LogP contribution is 2.60. The fourth-order valence-corrected chi connectivity index (χ4v) is 6.50. The van der Waals surface area contributed by atoms with Crippen LogP contribution < -0.4 is 5.73 Å². The van der Waals surface area contributed by atoms with Crippen LogP contribution in [0.15, 0.2) is 12.4 Å². The Morgan fingerprint density at radius 2 is 1.86 bits per heavy atom. The average molecular weight is 405 g/mol. The predicted octanol–water partition coefficient (Wildman–Crippen LogP) is 3.08. The summed E-state index contributed by atoms with van der Waals surface area (Å²) in [5.74, 6) is 1.47. The highest BCUT2D eigenvalue weighted by molar-refractivity contribution is 6.30. The molecule has 0 spiro atoms. The first kappa shape index (κ1) is 18.2. The first-order valence-electron chi connectivity index (χ1n) is 10.2. The van der Waals surface area contributed by atoms with Gasteiger partial charge in [0.1, 0.15) is 6.10 Å². The number of carbonyl (C=O) groups is 2. The van der Waals surface area contributed by atoms with Crippen LogP contribution in [-0.4, -0.2) is 39.5 Å². The zero-order valence-electron chi connectivity index (χ0n) is 15.7. The Hall–Kier alpha value is -1.89. The molecule has 4 aliphatic carbocycles. The van der Waals surface area contributed by atoms with Crippen LogP contribution in [0, 0.1) is 23.2 Å². The number of hydrogen-bond acceptors (Lipinski definition) is 5. The van der Waals surface area contributed by atoms with Crippen molar-refractivity contribution in [1.82, 2.24) is 14.9 Å². The first-order chi connectivity index (χ1) is 13.4. The summed E-state index contributed by atoms with van der Waals surface area (Å²) in [5.41, 5.74) is 5.38. The third-order valence-electron chi connectivity index (χ3n) is 7.37. The number of halogens is 1. The fourth-order valence-electron chi connectivity index (χ4n) is 6.40. The van der Waals surface area contributed by atoms with E-state index in [-0.39, 0.29) is 41.4 Å². The number of ether oxygens (including phenoxy) is 1. The van der Waals surface area contributed by atoms with Gasteiger partial charge in [0.15, 0.2) is 5.82 Å². The zero-order chi connectivity index (χ0) is 19.5. The van der Waals surface area contributed by atoms with Crippen LogP contribution in [0.4, 0.5) is 4.79 Å². The van der Waals surface area contributed by atoms with Crippen LogP contribution in [0.3, 0.4) is 0 Å². The molecule has 8 heteroatoms. The van der Waals surface area contributed by atoms with E-state index in [4.69, 9.17) is 22.1 Å². The quantitative estimate of drug-likeness (QED) is 0.834. The van der Waals surface area contributed by atoms with E-state index in [1.807, 2.05) is 0 Å². The molecule has 2 heterocycles. The smallest absolute Gasteiger partial charge is 0.410 e. The number of rotatable bonds is 3. The number of amides is 2. The van der Waals surface area contributed by atoms with Crippen molar-refractivity contribution in [2.45, 2.75) is 57.1 Å². The molecule has 5 aliphatic rings. The van der Waals surface area contributed by atoms with Crippen molar-refractivity contribution in [2.75, 3.05) is 6.54 Å². The molecule has 3 unspecified atom stereocenters. The van der Waals surface area contributed by atoms with Crippen molar-refractivity contribution >= 4 is 23.6 Å². The highest BCUT2D eigenvalue weighted by atomic mass is 35.5. The molecular weight excluding hydrogens is 380 g/mol. The molecule has 6 rings (SSSR count). The van der Waals surface area contributed by atoms with Gasteiger partial charge in [-0.2, -0.15) is 0 Å². The maximum Gasteiger partial charge on any atom is 0.410 e. The van der Waals surface area contributed by atoms with Crippen molar-refractivity contribution in [3.8, 4) is 0 Å². The summed E-state index contributed by atoms with van der Waals surface area (Å²) in [6.45, 7) is 0.644. The molecule has 1 aromatic heterocycles. The topological polar surface area (TPSA) is 98.4 Å². The van der Waals surface area contributed by atoms with E-state index in [1.165, 1.54) is 0 Å². The van der Waals surface area contributed by atoms with Crippen LogP contribution in [0.25, 0.3) is 0 Å². The summed E-state index contributed by atoms with van der Waals surface area (Å²) in [6, 6.07) is -0.168. The first-order valence-corrected chi connectivity index (χ1v) is 10.6. The maximum absolute atomic E-state index is 13.0. The number of primary amides is 1. The molecule has 150 valence electrons. The zero-order valence-corrected chi connectivity index (χ0v) is 16.5. The molecule has 1 aliphatic heterocycles. The Morgan fingerprint density at radius 3 is 2.50 bits per heavy atom. The summed E-state index contributed by atoms with van der Waals surface area (Å²) in [4.78, 5) is 35.5. The van der Waals surface area contributed by atoms with E-state index in [2.05, 4.69) is 9.97 Å². The lowest BCUT2D eigenvalue weighted by molar-refractivity contribution is -0.162. The lowest BCUT2D eigenvalue weighted by Gasteiger charge is -2.58. The van der Waals surface area contributed by atoms with E-state index in [0.717, 1.165) is 44.9 Å². The van der Waals surface area contributed by atoms with Crippen molar-refractivity contribution in [1.29, 1.82) is 0 Å². The van der Waals surface area contributed by atoms with Crippen LogP contribution in [0.2, 0.25) is 5.02 Å². The van der Waals surface area contributed by atoms with E-state index < -0.39 is 0 Å². The minimum absolute atomic E-state index is 0.107. The molecule has 1 saturated heterocycles. The van der Waals surface area contributed by atoms with Crippen molar-refractivity contribution in [3.63, 3.8) is 0 Å². The molecule has 5 fully saturated rings. The van der Waals surface area contributed by atoms with Gasteiger partial charge in [-0.05, 0) is 62.7 Å². The number of hydrogen-bond donors (Lipinski definition) is 1. The Balaban J connectivity index is 1.31. The van der Waals surface area contributed by atoms with E-state index in [9.17, 15) is 9.59 Å². The van der Waals surface area contributed by atoms with Gasteiger partial charge in [-0.15, -0.1) is 0 Å². The second-order valence-electron chi connectivity index (χ2n) is 9.07. The number of aromatic nitrogens is 2. The average Bonchev–Trinajstić information content (AvgIpc) is 3.14. The summed E-state index contributed by atoms with van der Waals surface area (Å²) < 4.78 is 6.06. The van der Waals surface area contributed by atoms with Gasteiger partial charge in [-0.25, -0.2) is 14.8 Å². The molecule has 3 atom stereocenters. The van der Waals surface area contributed by atoms with E-state index in [0.29, 0.717) is 23.3 Å². The van der Waals surface area contributed by atoms with Gasteiger partial charge in [0.05, 0.1) is 16.5 Å². The van der Waals surface area contributed by atoms with E-state index >= 15 is 0 Å². The summed E-state index contributed by atoms with van der Waals surface area (Å²) in [5, 5.41) is 0.479. The van der Waals surface area contributed by atoms with Gasteiger partial charge in [0.2, 0.25) is 5.91 Å². The Labute approximate surface area is 169 Å². The second kappa shape index (κ2) is 6.58. The molecular formula is C20H25ClN4O3. The van der Waals surface area contributed by atoms with Gasteiger partial charge in [-0.3, -0.25) is 9.69 Å². The Morgan fingerprint density at radius 1 is 1.18 bits per heavy atom. The number of likely N-dealkylation sites (tertiary alicyclic amines) is 1. The third kappa shape index (κ3) is 2.86. The standard InChI is InChI=1S/C20H25ClN4O3/c21-14-9-23-17(24-10-14)15-2-1-3-25(15)19(27)28-16-12-4-11-5-13(16)8-20(6-11,7-12)18(22)26/h9-13,15-16H,1-8H2,(H2,22,26). The van der Waals surface area contributed by atoms with Crippen molar-refractivity contribution in [2.24, 2.45) is 28.9 Å². The summed E-state index contributed by atoms with van der Waals surface area (Å²) in [6.07, 6.45) is 8.96. The van der Waals surface area contributed by atoms with Crippen molar-refractivity contribution < 1.29 is 14.3 Å². The monoisotopic (exact) mass is 404 g/mol. The number of carbonyl (C=O) groups excluding carboxylic acids is 2. The molecule has 28 heavy (non-hydrogen) atoms. The Bertz CT molecular complexity index is 785. The second-order valence-corrected chi connectivity index (χ2v) is 9.51. The molecule has 1 aromatic rings. The molecule has 4 bridgehead atoms. The summed E-state index contributed by atoms with van der Waals surface area (Å²) >= 11 is 5.89. The fraction of sp³-hybridized carbons (Fsp3) is 0.700. The number of nitrogens with zero attached hydrogens (tertiary/aromatic N) is 3. The van der Waals surface area contributed by atoms with Crippen LogP contribution >= 0.6 is 11.6 Å². The molecule has 7 nitrogen and oxygen atoms in total. The predicted molar refractivity (Wildman–Crippen MR) is 101 cm³/mol. The number of nitrogens with two attached hydrogens (primary N) is 1. The highest BCUT2D eigenvalue weighted by Gasteiger charge is 2.59. The lowest BCUT2D eigenvalue weighted by Crippen LogP contribution is -2.59. The van der Waals surface area contributed by atoms with Crippen LogP contribution in [0.5, 0.6) is 0 Å². The largest absolute Gasteiger partial charge is 0.445 e. The third-order valence-corrected chi connectivity index (χ3v) is 7.57. The van der Waals surface area contributed by atoms with Gasteiger partial charge in [0, 0.05) is 18.9 Å². The van der Waals surface area contributed by atoms with Crippen LogP contribution in [-0.2, 0) is 9.53 Å². The Kier molecular flexibility index (Phi) is 4.27. The maximum atomic E-state index is 13.0. The van der Waals surface area contributed by atoms with Gasteiger partial charge in [0.25, 0.3) is 0 Å². The molecule has 0 aromatic carbocycles. The van der Waals surface area contributed by atoms with Crippen LogP contribution in [0.1, 0.15) is 56.8 Å². The van der Waals surface area contributed by atoms with Gasteiger partial charge < -0.3 is 10.5 Å². The molecule has 0 radical (unpaired) electrons. The van der Waals surface area contributed by atoms with Crippen molar-refractivity contribution in [3.05, 3.63) is 23.2 Å². The normalized spacial score (nSPS) is 38.6.